The summed E-state index contributed by atoms with van der Waals surface area (Å²) in [4.78, 5) is 0. The lowest BCUT2D eigenvalue weighted by Gasteiger charge is -2.22. The van der Waals surface area contributed by atoms with Gasteiger partial charge in [-0.2, -0.15) is 0 Å². The van der Waals surface area contributed by atoms with E-state index in [-0.39, 0.29) is 12.2 Å². The molecule has 0 bridgehead atoms. The highest BCUT2D eigenvalue weighted by Gasteiger charge is 2.16. The molecule has 1 unspecified atom stereocenters. The van der Waals surface area contributed by atoms with Gasteiger partial charge in [0.25, 0.3) is 0 Å². The fraction of sp³-hybridized carbons (Fsp3) is 0.929. The molecule has 0 saturated carbocycles. The zero-order chi connectivity index (χ0) is 12.4. The van der Waals surface area contributed by atoms with Crippen LogP contribution in [0.15, 0.2) is 0 Å². The van der Waals surface area contributed by atoms with E-state index in [4.69, 9.17) is 9.47 Å². The topological polar surface area (TPSA) is 18.5 Å². The molecule has 0 aromatic carbocycles. The molecule has 1 radical (unpaired) electrons. The molecule has 0 aliphatic carbocycles. The van der Waals surface area contributed by atoms with Crippen molar-refractivity contribution in [2.24, 2.45) is 0 Å². The van der Waals surface area contributed by atoms with Gasteiger partial charge >= 0.3 is 0 Å². The van der Waals surface area contributed by atoms with Crippen LogP contribution in [-0.2, 0) is 9.47 Å². The first-order chi connectivity index (χ1) is 7.60. The molecule has 0 spiro atoms. The van der Waals surface area contributed by atoms with E-state index in [1.807, 2.05) is 0 Å². The third kappa shape index (κ3) is 9.17. The van der Waals surface area contributed by atoms with Crippen LogP contribution in [0.5, 0.6) is 0 Å². The summed E-state index contributed by atoms with van der Waals surface area (Å²) in [5.74, 6) is 0. The second-order valence-electron chi connectivity index (χ2n) is 4.69. The van der Waals surface area contributed by atoms with Gasteiger partial charge in [0.1, 0.15) is 0 Å². The van der Waals surface area contributed by atoms with E-state index in [9.17, 15) is 0 Å². The Morgan fingerprint density at radius 1 is 1.06 bits per heavy atom. The summed E-state index contributed by atoms with van der Waals surface area (Å²) in [5, 5.41) is 0. The van der Waals surface area contributed by atoms with Crippen LogP contribution in [0, 0.1) is 6.10 Å². The number of rotatable bonds is 10. The fourth-order valence-electron chi connectivity index (χ4n) is 1.61. The minimum atomic E-state index is 0.283. The highest BCUT2D eigenvalue weighted by molar-refractivity contribution is 4.81. The lowest BCUT2D eigenvalue weighted by atomic mass is 10.1. The summed E-state index contributed by atoms with van der Waals surface area (Å²) in [5.41, 5.74) is 0. The Labute approximate surface area is 102 Å². The van der Waals surface area contributed by atoms with Crippen LogP contribution < -0.4 is 0 Å². The molecule has 0 aliphatic rings. The molecule has 0 fully saturated rings. The van der Waals surface area contributed by atoms with Crippen molar-refractivity contribution in [2.45, 2.75) is 78.9 Å². The van der Waals surface area contributed by atoms with Crippen molar-refractivity contribution >= 4 is 0 Å². The van der Waals surface area contributed by atoms with Crippen LogP contribution in [0.3, 0.4) is 0 Å². The molecule has 16 heavy (non-hydrogen) atoms. The molecule has 97 valence electrons. The molecule has 0 N–H and O–H groups in total. The number of unbranched alkanes of at least 4 members (excludes halogenated alkanes) is 1. The van der Waals surface area contributed by atoms with Gasteiger partial charge in [-0.25, -0.2) is 0 Å². The molecule has 0 aromatic rings. The maximum absolute atomic E-state index is 5.84. The fourth-order valence-corrected chi connectivity index (χ4v) is 1.61. The van der Waals surface area contributed by atoms with Gasteiger partial charge in [0.2, 0.25) is 0 Å². The summed E-state index contributed by atoms with van der Waals surface area (Å²) in [6.07, 6.45) is 7.31. The summed E-state index contributed by atoms with van der Waals surface area (Å²) in [6, 6.07) is 0. The Morgan fingerprint density at radius 3 is 2.25 bits per heavy atom. The van der Waals surface area contributed by atoms with Gasteiger partial charge in [-0.15, -0.1) is 0 Å². The average Bonchev–Trinajstić information content (AvgIpc) is 2.22. The van der Waals surface area contributed by atoms with E-state index in [0.29, 0.717) is 0 Å². The first-order valence-electron chi connectivity index (χ1n) is 6.73. The van der Waals surface area contributed by atoms with Crippen LogP contribution >= 0.6 is 0 Å². The van der Waals surface area contributed by atoms with Crippen molar-refractivity contribution < 1.29 is 9.47 Å². The van der Waals surface area contributed by atoms with E-state index in [1.165, 1.54) is 18.9 Å². The second-order valence-corrected chi connectivity index (χ2v) is 4.69. The lowest BCUT2D eigenvalue weighted by molar-refractivity contribution is 0.0154. The van der Waals surface area contributed by atoms with E-state index in [0.717, 1.165) is 25.9 Å². The smallest absolute Gasteiger partial charge is 0.0999 e. The molecular formula is C14H29O2. The first-order valence-corrected chi connectivity index (χ1v) is 6.73. The number of ether oxygens (including phenoxy) is 2. The highest BCUT2D eigenvalue weighted by atomic mass is 16.5. The van der Waals surface area contributed by atoms with Gasteiger partial charge in [0, 0.05) is 13.0 Å². The Morgan fingerprint density at radius 2 is 1.75 bits per heavy atom. The van der Waals surface area contributed by atoms with Gasteiger partial charge in [0.05, 0.1) is 18.3 Å². The summed E-state index contributed by atoms with van der Waals surface area (Å²) in [7, 11) is 0. The van der Waals surface area contributed by atoms with E-state index in [1.54, 1.807) is 0 Å². The van der Waals surface area contributed by atoms with E-state index in [2.05, 4.69) is 34.6 Å². The van der Waals surface area contributed by atoms with Crippen molar-refractivity contribution in [1.82, 2.24) is 0 Å². The minimum absolute atomic E-state index is 0.283. The largest absolute Gasteiger partial charge is 0.378 e. The molecule has 0 saturated heterocycles. The monoisotopic (exact) mass is 229 g/mol. The van der Waals surface area contributed by atoms with Crippen molar-refractivity contribution in [1.29, 1.82) is 0 Å². The predicted molar refractivity (Wildman–Crippen MR) is 69.3 cm³/mol. The second kappa shape index (κ2) is 10.1. The van der Waals surface area contributed by atoms with Gasteiger partial charge in [-0.3, -0.25) is 0 Å². The Bertz CT molecular complexity index is 146. The van der Waals surface area contributed by atoms with Crippen LogP contribution in [0.4, 0.5) is 0 Å². The summed E-state index contributed by atoms with van der Waals surface area (Å²) in [6.45, 7) is 11.5. The molecule has 2 heteroatoms. The summed E-state index contributed by atoms with van der Waals surface area (Å²) < 4.78 is 11.5. The van der Waals surface area contributed by atoms with Crippen LogP contribution in [-0.4, -0.2) is 18.8 Å². The maximum Gasteiger partial charge on any atom is 0.0999 e. The van der Waals surface area contributed by atoms with E-state index < -0.39 is 0 Å². The molecule has 0 rings (SSSR count). The standard InChI is InChI=1S/C14H29O2/c1-6-8-9-14(16-12(3)4)11-13(5)15-10-7-2/h12-13H,6-11H2,1-5H3. The average molecular weight is 229 g/mol. The van der Waals surface area contributed by atoms with Crippen LogP contribution in [0.25, 0.3) is 0 Å². The third-order valence-corrected chi connectivity index (χ3v) is 2.33. The molecule has 0 heterocycles. The SMILES string of the molecule is CCCC[C](CC(C)OCCC)OC(C)C. The molecule has 0 amide bonds. The Kier molecular flexibility index (Phi) is 10.0. The maximum atomic E-state index is 5.84. The number of hydrogen-bond acceptors (Lipinski definition) is 2. The zero-order valence-electron chi connectivity index (χ0n) is 11.7. The minimum Gasteiger partial charge on any atom is -0.378 e. The number of hydrogen-bond donors (Lipinski definition) is 0. The molecule has 2 nitrogen and oxygen atoms in total. The van der Waals surface area contributed by atoms with Crippen molar-refractivity contribution in [2.75, 3.05) is 6.61 Å². The Balaban J connectivity index is 3.87. The lowest BCUT2D eigenvalue weighted by Crippen LogP contribution is -2.18. The summed E-state index contributed by atoms with van der Waals surface area (Å²) >= 11 is 0. The third-order valence-electron chi connectivity index (χ3n) is 2.33. The van der Waals surface area contributed by atoms with Gasteiger partial charge < -0.3 is 9.47 Å². The normalized spacial score (nSPS) is 13.7. The van der Waals surface area contributed by atoms with Gasteiger partial charge in [-0.1, -0.05) is 26.7 Å². The van der Waals surface area contributed by atoms with Crippen LogP contribution in [0.2, 0.25) is 0 Å². The highest BCUT2D eigenvalue weighted by Crippen LogP contribution is 2.21. The van der Waals surface area contributed by atoms with Crippen LogP contribution in [0.1, 0.15) is 66.7 Å². The van der Waals surface area contributed by atoms with Crippen molar-refractivity contribution in [3.05, 3.63) is 6.10 Å². The first kappa shape index (κ1) is 15.9. The molecule has 1 atom stereocenters. The quantitative estimate of drug-likeness (QED) is 0.555. The van der Waals surface area contributed by atoms with Gasteiger partial charge in [0.15, 0.2) is 0 Å². The van der Waals surface area contributed by atoms with Crippen molar-refractivity contribution in [3.8, 4) is 0 Å². The van der Waals surface area contributed by atoms with Crippen molar-refractivity contribution in [3.63, 3.8) is 0 Å². The predicted octanol–water partition coefficient (Wildman–Crippen LogP) is 4.34. The van der Waals surface area contributed by atoms with Gasteiger partial charge in [-0.05, 0) is 33.6 Å². The van der Waals surface area contributed by atoms with E-state index >= 15 is 0 Å². The molecule has 0 aromatic heterocycles. The molecule has 0 aliphatic heterocycles. The molecular weight excluding hydrogens is 200 g/mol. The Hall–Kier alpha value is -0.0800. The zero-order valence-corrected chi connectivity index (χ0v) is 11.7.